The number of nitrogens with zero attached hydrogens (tertiary/aromatic N) is 2. The van der Waals surface area contributed by atoms with Gasteiger partial charge in [-0.25, -0.2) is 0 Å². The molecule has 1 aliphatic heterocycles. The van der Waals surface area contributed by atoms with Crippen LogP contribution in [-0.2, 0) is 9.59 Å². The highest BCUT2D eigenvalue weighted by Crippen LogP contribution is 2.06. The lowest BCUT2D eigenvalue weighted by atomic mass is 10.1. The molecule has 1 fully saturated rings. The average Bonchev–Trinajstić information content (AvgIpc) is 2.36. The van der Waals surface area contributed by atoms with Crippen LogP contribution in [0.1, 0.15) is 26.2 Å². The number of hydrogen-bond donors (Lipinski definition) is 2. The van der Waals surface area contributed by atoms with Crippen molar-refractivity contribution in [3.63, 3.8) is 0 Å². The van der Waals surface area contributed by atoms with Crippen LogP contribution in [0, 0.1) is 0 Å². The first-order valence-corrected chi connectivity index (χ1v) is 6.53. The van der Waals surface area contributed by atoms with Gasteiger partial charge in [-0.05, 0) is 6.42 Å². The quantitative estimate of drug-likeness (QED) is 0.684. The fourth-order valence-corrected chi connectivity index (χ4v) is 2.11. The molecule has 1 atom stereocenters. The number of carbonyl (C=O) groups excluding carboxylic acids is 1. The first kappa shape index (κ1) is 14.9. The van der Waals surface area contributed by atoms with Crippen molar-refractivity contribution < 1.29 is 14.7 Å². The van der Waals surface area contributed by atoms with Crippen molar-refractivity contribution in [2.75, 3.05) is 32.7 Å². The summed E-state index contributed by atoms with van der Waals surface area (Å²) in [5.41, 5.74) is 5.81. The van der Waals surface area contributed by atoms with Crippen molar-refractivity contribution in [1.29, 1.82) is 0 Å². The molecule has 1 amide bonds. The SMILES string of the molecule is CCCC(N)C(=O)N1CCN(CCC(=O)O)CC1. The Balaban J connectivity index is 2.30. The van der Waals surface area contributed by atoms with Gasteiger partial charge >= 0.3 is 5.97 Å². The van der Waals surface area contributed by atoms with E-state index in [0.717, 1.165) is 25.9 Å². The van der Waals surface area contributed by atoms with Crippen molar-refractivity contribution in [3.05, 3.63) is 0 Å². The van der Waals surface area contributed by atoms with Crippen LogP contribution < -0.4 is 5.73 Å². The van der Waals surface area contributed by atoms with Gasteiger partial charge in [-0.3, -0.25) is 14.5 Å². The fraction of sp³-hybridized carbons (Fsp3) is 0.833. The minimum absolute atomic E-state index is 0.0229. The average molecular weight is 257 g/mol. The molecule has 0 saturated carbocycles. The van der Waals surface area contributed by atoms with Gasteiger partial charge in [0.25, 0.3) is 0 Å². The third-order valence-electron chi connectivity index (χ3n) is 3.24. The zero-order valence-electron chi connectivity index (χ0n) is 11.0. The summed E-state index contributed by atoms with van der Waals surface area (Å²) in [6.45, 7) is 5.33. The molecule has 3 N–H and O–H groups in total. The van der Waals surface area contributed by atoms with E-state index in [4.69, 9.17) is 10.8 Å². The summed E-state index contributed by atoms with van der Waals surface area (Å²) in [4.78, 5) is 26.3. The van der Waals surface area contributed by atoms with Gasteiger partial charge in [0.15, 0.2) is 0 Å². The zero-order chi connectivity index (χ0) is 13.5. The third kappa shape index (κ3) is 4.62. The molecular weight excluding hydrogens is 234 g/mol. The molecule has 104 valence electrons. The topological polar surface area (TPSA) is 86.9 Å². The number of rotatable bonds is 6. The summed E-state index contributed by atoms with van der Waals surface area (Å²) in [6.07, 6.45) is 1.78. The van der Waals surface area contributed by atoms with Crippen LogP contribution in [-0.4, -0.2) is 65.5 Å². The number of aliphatic carboxylic acids is 1. The number of carboxylic acids is 1. The van der Waals surface area contributed by atoms with Crippen molar-refractivity contribution in [2.24, 2.45) is 5.73 Å². The molecule has 6 heteroatoms. The molecule has 0 aliphatic carbocycles. The maximum absolute atomic E-state index is 11.9. The van der Waals surface area contributed by atoms with Gasteiger partial charge in [-0.2, -0.15) is 0 Å². The first-order chi connectivity index (χ1) is 8.54. The predicted molar refractivity (Wildman–Crippen MR) is 68.2 cm³/mol. The first-order valence-electron chi connectivity index (χ1n) is 6.53. The normalized spacial score (nSPS) is 18.7. The van der Waals surface area contributed by atoms with Gasteiger partial charge in [0, 0.05) is 32.7 Å². The molecular formula is C12H23N3O3. The van der Waals surface area contributed by atoms with E-state index in [1.54, 1.807) is 4.90 Å². The molecule has 6 nitrogen and oxygen atoms in total. The van der Waals surface area contributed by atoms with Crippen LogP contribution in [0.2, 0.25) is 0 Å². The Kier molecular flexibility index (Phi) is 6.07. The highest BCUT2D eigenvalue weighted by Gasteiger charge is 2.24. The maximum Gasteiger partial charge on any atom is 0.304 e. The second-order valence-electron chi connectivity index (χ2n) is 4.71. The van der Waals surface area contributed by atoms with Crippen LogP contribution in [0.4, 0.5) is 0 Å². The molecule has 0 bridgehead atoms. The van der Waals surface area contributed by atoms with E-state index in [2.05, 4.69) is 4.90 Å². The lowest BCUT2D eigenvalue weighted by molar-refractivity contribution is -0.138. The highest BCUT2D eigenvalue weighted by molar-refractivity contribution is 5.81. The van der Waals surface area contributed by atoms with Crippen LogP contribution >= 0.6 is 0 Å². The van der Waals surface area contributed by atoms with Crippen LogP contribution in [0.25, 0.3) is 0 Å². The molecule has 1 rings (SSSR count). The zero-order valence-corrected chi connectivity index (χ0v) is 11.0. The number of carbonyl (C=O) groups is 2. The Morgan fingerprint density at radius 3 is 2.39 bits per heavy atom. The Hall–Kier alpha value is -1.14. The van der Waals surface area contributed by atoms with E-state index in [0.29, 0.717) is 19.6 Å². The van der Waals surface area contributed by atoms with Crippen molar-refractivity contribution in [1.82, 2.24) is 9.80 Å². The smallest absolute Gasteiger partial charge is 0.304 e. The van der Waals surface area contributed by atoms with E-state index in [1.165, 1.54) is 0 Å². The van der Waals surface area contributed by atoms with Crippen molar-refractivity contribution >= 4 is 11.9 Å². The number of nitrogens with two attached hydrogens (primary N) is 1. The third-order valence-corrected chi connectivity index (χ3v) is 3.24. The molecule has 0 spiro atoms. The van der Waals surface area contributed by atoms with Gasteiger partial charge in [-0.15, -0.1) is 0 Å². The van der Waals surface area contributed by atoms with Crippen molar-refractivity contribution in [3.8, 4) is 0 Å². The van der Waals surface area contributed by atoms with E-state index < -0.39 is 5.97 Å². The predicted octanol–water partition coefficient (Wildman–Crippen LogP) is -0.267. The van der Waals surface area contributed by atoms with Gasteiger partial charge in [0.05, 0.1) is 12.5 Å². The molecule has 0 aromatic carbocycles. The van der Waals surface area contributed by atoms with E-state index in [1.807, 2.05) is 6.92 Å². The molecule has 1 aliphatic rings. The standard InChI is InChI=1S/C12H23N3O3/c1-2-3-10(13)12(18)15-8-6-14(7-9-15)5-4-11(16)17/h10H,2-9,13H2,1H3,(H,16,17). The Bertz CT molecular complexity index is 288. The summed E-state index contributed by atoms with van der Waals surface area (Å²) in [7, 11) is 0. The Labute approximate surface area is 108 Å². The second-order valence-corrected chi connectivity index (χ2v) is 4.71. The molecule has 1 heterocycles. The molecule has 1 saturated heterocycles. The number of hydrogen-bond acceptors (Lipinski definition) is 4. The summed E-state index contributed by atoms with van der Waals surface area (Å²) >= 11 is 0. The van der Waals surface area contributed by atoms with Gasteiger partial charge in [-0.1, -0.05) is 13.3 Å². The largest absolute Gasteiger partial charge is 0.481 e. The van der Waals surface area contributed by atoms with Crippen LogP contribution in [0.3, 0.4) is 0 Å². The monoisotopic (exact) mass is 257 g/mol. The summed E-state index contributed by atoms with van der Waals surface area (Å²) in [5.74, 6) is -0.756. The van der Waals surface area contributed by atoms with Gasteiger partial charge in [0.1, 0.15) is 0 Å². The molecule has 0 aromatic heterocycles. The van der Waals surface area contributed by atoms with Gasteiger partial charge in [0.2, 0.25) is 5.91 Å². The van der Waals surface area contributed by atoms with E-state index >= 15 is 0 Å². The molecule has 1 unspecified atom stereocenters. The summed E-state index contributed by atoms with van der Waals surface area (Å²) < 4.78 is 0. The Morgan fingerprint density at radius 1 is 1.28 bits per heavy atom. The molecule has 0 radical (unpaired) electrons. The minimum Gasteiger partial charge on any atom is -0.481 e. The van der Waals surface area contributed by atoms with Crippen LogP contribution in [0.5, 0.6) is 0 Å². The number of piperazine rings is 1. The summed E-state index contributed by atoms with van der Waals surface area (Å²) in [5, 5.41) is 8.61. The van der Waals surface area contributed by atoms with E-state index in [9.17, 15) is 9.59 Å². The highest BCUT2D eigenvalue weighted by atomic mass is 16.4. The van der Waals surface area contributed by atoms with Crippen LogP contribution in [0.15, 0.2) is 0 Å². The lowest BCUT2D eigenvalue weighted by Gasteiger charge is -2.35. The number of amides is 1. The molecule has 18 heavy (non-hydrogen) atoms. The van der Waals surface area contributed by atoms with E-state index in [-0.39, 0.29) is 18.4 Å². The molecule has 0 aromatic rings. The fourth-order valence-electron chi connectivity index (χ4n) is 2.11. The lowest BCUT2D eigenvalue weighted by Crippen LogP contribution is -2.53. The Morgan fingerprint density at radius 2 is 1.89 bits per heavy atom. The van der Waals surface area contributed by atoms with Crippen molar-refractivity contribution in [2.45, 2.75) is 32.2 Å². The second kappa shape index (κ2) is 7.33. The number of carboxylic acid groups (broad SMARTS) is 1. The maximum atomic E-state index is 11.9. The minimum atomic E-state index is -0.779. The summed E-state index contributed by atoms with van der Waals surface area (Å²) in [6, 6.07) is -0.388. The van der Waals surface area contributed by atoms with Gasteiger partial charge < -0.3 is 15.7 Å².